The maximum atomic E-state index is 11.0. The SMILES string of the molecule is CNC(=O)CCNc1nc(OC)cc(OC)n1. The summed E-state index contributed by atoms with van der Waals surface area (Å²) in [7, 11) is 4.61. The molecule has 1 rings (SSSR count). The number of carbonyl (C=O) groups excluding carboxylic acids is 1. The number of nitrogens with zero attached hydrogens (tertiary/aromatic N) is 2. The molecule has 1 amide bonds. The zero-order valence-electron chi connectivity index (χ0n) is 10.1. The molecule has 1 aromatic heterocycles. The second-order valence-electron chi connectivity index (χ2n) is 3.13. The first-order valence-corrected chi connectivity index (χ1v) is 5.11. The Hall–Kier alpha value is -2.05. The van der Waals surface area contributed by atoms with E-state index >= 15 is 0 Å². The number of hydrogen-bond acceptors (Lipinski definition) is 6. The molecule has 7 heteroatoms. The Morgan fingerprint density at radius 3 is 2.35 bits per heavy atom. The molecule has 0 spiro atoms. The van der Waals surface area contributed by atoms with Crippen molar-refractivity contribution >= 4 is 11.9 Å². The van der Waals surface area contributed by atoms with E-state index in [4.69, 9.17) is 9.47 Å². The van der Waals surface area contributed by atoms with Gasteiger partial charge in [-0.15, -0.1) is 0 Å². The molecule has 0 aliphatic rings. The van der Waals surface area contributed by atoms with Crippen LogP contribution in [0.5, 0.6) is 11.8 Å². The first kappa shape index (κ1) is 13.0. The fourth-order valence-electron chi connectivity index (χ4n) is 1.10. The van der Waals surface area contributed by atoms with Crippen LogP contribution in [-0.4, -0.2) is 43.7 Å². The van der Waals surface area contributed by atoms with Gasteiger partial charge < -0.3 is 20.1 Å². The highest BCUT2D eigenvalue weighted by Gasteiger charge is 2.05. The van der Waals surface area contributed by atoms with E-state index < -0.39 is 0 Å². The largest absolute Gasteiger partial charge is 0.481 e. The van der Waals surface area contributed by atoms with E-state index in [-0.39, 0.29) is 5.91 Å². The lowest BCUT2D eigenvalue weighted by atomic mass is 10.4. The Balaban J connectivity index is 2.60. The van der Waals surface area contributed by atoms with Crippen LogP contribution in [0.3, 0.4) is 0 Å². The van der Waals surface area contributed by atoms with Crippen molar-refractivity contribution in [2.24, 2.45) is 0 Å². The predicted molar refractivity (Wildman–Crippen MR) is 62.3 cm³/mol. The molecule has 1 heterocycles. The summed E-state index contributed by atoms with van der Waals surface area (Å²) in [6.45, 7) is 0.440. The van der Waals surface area contributed by atoms with Gasteiger partial charge in [0.25, 0.3) is 0 Å². The van der Waals surface area contributed by atoms with E-state index in [1.807, 2.05) is 0 Å². The molecule has 0 saturated heterocycles. The average molecular weight is 240 g/mol. The number of methoxy groups -OCH3 is 2. The fourth-order valence-corrected chi connectivity index (χ4v) is 1.10. The minimum absolute atomic E-state index is 0.0487. The van der Waals surface area contributed by atoms with Crippen molar-refractivity contribution < 1.29 is 14.3 Å². The van der Waals surface area contributed by atoms with Crippen LogP contribution < -0.4 is 20.1 Å². The number of anilines is 1. The van der Waals surface area contributed by atoms with Gasteiger partial charge in [-0.2, -0.15) is 9.97 Å². The molecule has 94 valence electrons. The van der Waals surface area contributed by atoms with E-state index in [1.165, 1.54) is 14.2 Å². The van der Waals surface area contributed by atoms with E-state index in [0.717, 1.165) is 0 Å². The van der Waals surface area contributed by atoms with Gasteiger partial charge in [0, 0.05) is 20.0 Å². The zero-order valence-corrected chi connectivity index (χ0v) is 10.1. The third-order valence-corrected chi connectivity index (χ3v) is 2.01. The van der Waals surface area contributed by atoms with Gasteiger partial charge in [-0.05, 0) is 0 Å². The van der Waals surface area contributed by atoms with Crippen LogP contribution in [0.2, 0.25) is 0 Å². The summed E-state index contributed by atoms with van der Waals surface area (Å²) in [5.74, 6) is 1.12. The standard InChI is InChI=1S/C10H16N4O3/c1-11-7(15)4-5-12-10-13-8(16-2)6-9(14-10)17-3/h6H,4-5H2,1-3H3,(H,11,15)(H,12,13,14). The number of amides is 1. The molecule has 0 unspecified atom stereocenters. The first-order chi connectivity index (χ1) is 8.19. The molecule has 17 heavy (non-hydrogen) atoms. The van der Waals surface area contributed by atoms with Crippen LogP contribution >= 0.6 is 0 Å². The highest BCUT2D eigenvalue weighted by atomic mass is 16.5. The zero-order chi connectivity index (χ0) is 12.7. The van der Waals surface area contributed by atoms with Gasteiger partial charge in [-0.3, -0.25) is 4.79 Å². The molecular formula is C10H16N4O3. The van der Waals surface area contributed by atoms with Gasteiger partial charge in [0.05, 0.1) is 20.3 Å². The number of nitrogens with one attached hydrogen (secondary N) is 2. The maximum Gasteiger partial charge on any atom is 0.229 e. The Kier molecular flexibility index (Phi) is 4.99. The summed E-state index contributed by atoms with van der Waals surface area (Å²) >= 11 is 0. The molecule has 0 aromatic carbocycles. The molecule has 2 N–H and O–H groups in total. The predicted octanol–water partition coefficient (Wildman–Crippen LogP) is 0.0418. The minimum Gasteiger partial charge on any atom is -0.481 e. The highest BCUT2D eigenvalue weighted by Crippen LogP contribution is 2.16. The topological polar surface area (TPSA) is 85.4 Å². The normalized spacial score (nSPS) is 9.59. The van der Waals surface area contributed by atoms with Crippen molar-refractivity contribution in [3.05, 3.63) is 6.07 Å². The quantitative estimate of drug-likeness (QED) is 0.730. The lowest BCUT2D eigenvalue weighted by Gasteiger charge is -2.07. The molecule has 1 aromatic rings. The molecule has 7 nitrogen and oxygen atoms in total. The molecule has 0 aliphatic heterocycles. The Labute approximate surface area is 99.5 Å². The van der Waals surface area contributed by atoms with Crippen molar-refractivity contribution in [1.29, 1.82) is 0 Å². The minimum atomic E-state index is -0.0487. The summed E-state index contributed by atoms with van der Waals surface area (Å²) in [5, 5.41) is 5.44. The summed E-state index contributed by atoms with van der Waals surface area (Å²) in [4.78, 5) is 19.1. The lowest BCUT2D eigenvalue weighted by molar-refractivity contribution is -0.120. The van der Waals surface area contributed by atoms with Gasteiger partial charge in [0.15, 0.2) is 0 Å². The monoisotopic (exact) mass is 240 g/mol. The Morgan fingerprint density at radius 1 is 1.29 bits per heavy atom. The van der Waals surface area contributed by atoms with E-state index in [1.54, 1.807) is 13.1 Å². The molecule has 0 atom stereocenters. The van der Waals surface area contributed by atoms with Gasteiger partial charge in [0.2, 0.25) is 23.6 Å². The van der Waals surface area contributed by atoms with Gasteiger partial charge in [-0.25, -0.2) is 0 Å². The van der Waals surface area contributed by atoms with E-state index in [0.29, 0.717) is 30.7 Å². The average Bonchev–Trinajstić information content (AvgIpc) is 2.37. The molecule has 0 bridgehead atoms. The van der Waals surface area contributed by atoms with E-state index in [9.17, 15) is 4.79 Å². The number of aromatic nitrogens is 2. The molecule has 0 radical (unpaired) electrons. The molecular weight excluding hydrogens is 224 g/mol. The van der Waals surface area contributed by atoms with Crippen molar-refractivity contribution in [2.75, 3.05) is 33.1 Å². The number of carbonyl (C=O) groups is 1. The number of ether oxygens (including phenoxy) is 2. The number of hydrogen-bond donors (Lipinski definition) is 2. The summed E-state index contributed by atoms with van der Waals surface area (Å²) in [6.07, 6.45) is 0.347. The van der Waals surface area contributed by atoms with Crippen LogP contribution in [0.4, 0.5) is 5.95 Å². The Bertz CT molecular complexity index is 362. The lowest BCUT2D eigenvalue weighted by Crippen LogP contribution is -2.21. The van der Waals surface area contributed by atoms with Crippen LogP contribution in [-0.2, 0) is 4.79 Å². The highest BCUT2D eigenvalue weighted by molar-refractivity contribution is 5.75. The van der Waals surface area contributed by atoms with Gasteiger partial charge in [-0.1, -0.05) is 0 Å². The maximum absolute atomic E-state index is 11.0. The van der Waals surface area contributed by atoms with E-state index in [2.05, 4.69) is 20.6 Å². The van der Waals surface area contributed by atoms with Crippen LogP contribution in [0.1, 0.15) is 6.42 Å². The van der Waals surface area contributed by atoms with Gasteiger partial charge in [0.1, 0.15) is 0 Å². The van der Waals surface area contributed by atoms with Crippen LogP contribution in [0.15, 0.2) is 6.07 Å². The van der Waals surface area contributed by atoms with Crippen molar-refractivity contribution in [1.82, 2.24) is 15.3 Å². The van der Waals surface area contributed by atoms with Crippen molar-refractivity contribution in [3.63, 3.8) is 0 Å². The second-order valence-corrected chi connectivity index (χ2v) is 3.13. The third kappa shape index (κ3) is 4.13. The van der Waals surface area contributed by atoms with Crippen LogP contribution in [0, 0.1) is 0 Å². The molecule has 0 fully saturated rings. The second kappa shape index (κ2) is 6.51. The van der Waals surface area contributed by atoms with Crippen LogP contribution in [0.25, 0.3) is 0 Å². The van der Waals surface area contributed by atoms with Crippen molar-refractivity contribution in [3.8, 4) is 11.8 Å². The third-order valence-electron chi connectivity index (χ3n) is 2.01. The molecule has 0 aliphatic carbocycles. The summed E-state index contributed by atoms with van der Waals surface area (Å²) in [5.41, 5.74) is 0. The summed E-state index contributed by atoms with van der Waals surface area (Å²) < 4.78 is 9.99. The summed E-state index contributed by atoms with van der Waals surface area (Å²) in [6, 6.07) is 1.57. The van der Waals surface area contributed by atoms with Gasteiger partial charge >= 0.3 is 0 Å². The molecule has 0 saturated carbocycles. The number of rotatable bonds is 6. The first-order valence-electron chi connectivity index (χ1n) is 5.11. The van der Waals surface area contributed by atoms with Crippen molar-refractivity contribution in [2.45, 2.75) is 6.42 Å². The smallest absolute Gasteiger partial charge is 0.229 e. The Morgan fingerprint density at radius 2 is 1.88 bits per heavy atom. The fraction of sp³-hybridized carbons (Fsp3) is 0.500.